The fourth-order valence-electron chi connectivity index (χ4n) is 2.54. The van der Waals surface area contributed by atoms with Crippen LogP contribution in [-0.4, -0.2) is 51.8 Å². The first kappa shape index (κ1) is 15.0. The summed E-state index contributed by atoms with van der Waals surface area (Å²) in [6.45, 7) is 3.77. The smallest absolute Gasteiger partial charge is 0.224 e. The van der Waals surface area contributed by atoms with Gasteiger partial charge >= 0.3 is 0 Å². The second kappa shape index (κ2) is 6.91. The number of carbonyl (C=O) groups excluding carboxylic acids is 1. The van der Waals surface area contributed by atoms with Gasteiger partial charge in [-0.25, -0.2) is 4.98 Å². The van der Waals surface area contributed by atoms with E-state index in [0.29, 0.717) is 13.0 Å². The molecular formula is C15H18BrN5O. The Labute approximate surface area is 137 Å². The molecule has 3 heterocycles. The minimum Gasteiger partial charge on any atom is -0.353 e. The van der Waals surface area contributed by atoms with E-state index in [2.05, 4.69) is 30.9 Å². The molecule has 0 aliphatic carbocycles. The lowest BCUT2D eigenvalue weighted by atomic mass is 10.2. The lowest BCUT2D eigenvalue weighted by Gasteiger charge is -2.35. The van der Waals surface area contributed by atoms with Crippen LogP contribution in [0.5, 0.6) is 0 Å². The van der Waals surface area contributed by atoms with Crippen LogP contribution in [0.2, 0.25) is 0 Å². The summed E-state index contributed by atoms with van der Waals surface area (Å²) < 4.78 is 2.77. The number of amides is 1. The van der Waals surface area contributed by atoms with Crippen LogP contribution in [-0.2, 0) is 11.3 Å². The van der Waals surface area contributed by atoms with Gasteiger partial charge in [0.05, 0.1) is 0 Å². The van der Waals surface area contributed by atoms with E-state index in [1.165, 1.54) is 0 Å². The number of nitrogens with zero attached hydrogens (tertiary/aromatic N) is 5. The molecule has 1 aliphatic rings. The average Bonchev–Trinajstić information content (AvgIpc) is 3.07. The maximum atomic E-state index is 12.2. The normalized spacial score (nSPS) is 15.1. The van der Waals surface area contributed by atoms with E-state index in [-0.39, 0.29) is 5.91 Å². The van der Waals surface area contributed by atoms with Gasteiger partial charge in [-0.05, 0) is 34.1 Å². The number of hydrogen-bond acceptors (Lipinski definition) is 4. The summed E-state index contributed by atoms with van der Waals surface area (Å²) in [6.07, 6.45) is 5.91. The van der Waals surface area contributed by atoms with E-state index in [1.807, 2.05) is 29.3 Å². The van der Waals surface area contributed by atoms with Crippen molar-refractivity contribution < 1.29 is 4.79 Å². The number of rotatable bonds is 4. The van der Waals surface area contributed by atoms with Gasteiger partial charge in [0, 0.05) is 62.2 Å². The second-order valence-electron chi connectivity index (χ2n) is 5.22. The molecule has 0 aromatic carbocycles. The van der Waals surface area contributed by atoms with Crippen LogP contribution in [0.4, 0.5) is 5.82 Å². The number of carbonyl (C=O) groups is 1. The number of hydrogen-bond donors (Lipinski definition) is 0. The predicted molar refractivity (Wildman–Crippen MR) is 87.6 cm³/mol. The minimum absolute atomic E-state index is 0.193. The molecule has 2 aromatic rings. The molecule has 0 radical (unpaired) electrons. The molecule has 0 spiro atoms. The van der Waals surface area contributed by atoms with Gasteiger partial charge in [0.15, 0.2) is 0 Å². The van der Waals surface area contributed by atoms with E-state index in [0.717, 1.165) is 36.5 Å². The highest BCUT2D eigenvalue weighted by Crippen LogP contribution is 2.16. The van der Waals surface area contributed by atoms with Crippen LogP contribution in [0.3, 0.4) is 0 Å². The van der Waals surface area contributed by atoms with E-state index in [4.69, 9.17) is 0 Å². The van der Waals surface area contributed by atoms with E-state index in [9.17, 15) is 4.79 Å². The van der Waals surface area contributed by atoms with Crippen LogP contribution < -0.4 is 4.90 Å². The molecule has 0 bridgehead atoms. The summed E-state index contributed by atoms with van der Waals surface area (Å²) in [7, 11) is 0. The van der Waals surface area contributed by atoms with Gasteiger partial charge in [-0.1, -0.05) is 0 Å². The molecule has 0 atom stereocenters. The number of piperazine rings is 1. The van der Waals surface area contributed by atoms with E-state index in [1.54, 1.807) is 17.1 Å². The van der Waals surface area contributed by atoms with Gasteiger partial charge in [0.25, 0.3) is 0 Å². The summed E-state index contributed by atoms with van der Waals surface area (Å²) in [5, 5.41) is 4.12. The average molecular weight is 364 g/mol. The first-order chi connectivity index (χ1) is 10.7. The number of pyridine rings is 1. The van der Waals surface area contributed by atoms with Gasteiger partial charge in [-0.15, -0.1) is 0 Å². The summed E-state index contributed by atoms with van der Waals surface area (Å²) in [5.74, 6) is 1.16. The van der Waals surface area contributed by atoms with Crippen LogP contribution in [0, 0.1) is 0 Å². The van der Waals surface area contributed by atoms with Crippen molar-refractivity contribution in [3.8, 4) is 0 Å². The Kier molecular flexibility index (Phi) is 4.72. The summed E-state index contributed by atoms with van der Waals surface area (Å²) in [4.78, 5) is 20.8. The standard InChI is InChI=1S/C15H18BrN5O/c16-13-2-3-14(17-12-13)19-8-10-20(11-9-19)15(22)4-7-21-6-1-5-18-21/h1-3,5-6,12H,4,7-11H2. The summed E-state index contributed by atoms with van der Waals surface area (Å²) in [5.41, 5.74) is 0. The molecule has 0 N–H and O–H groups in total. The Morgan fingerprint density at radius 1 is 1.23 bits per heavy atom. The molecule has 0 unspecified atom stereocenters. The van der Waals surface area contributed by atoms with Crippen molar-refractivity contribution in [1.82, 2.24) is 19.7 Å². The minimum atomic E-state index is 0.193. The number of halogens is 1. The van der Waals surface area contributed by atoms with Crippen molar-refractivity contribution in [2.75, 3.05) is 31.1 Å². The SMILES string of the molecule is O=C(CCn1cccn1)N1CCN(c2ccc(Br)cn2)CC1. The maximum Gasteiger partial charge on any atom is 0.224 e. The highest BCUT2D eigenvalue weighted by atomic mass is 79.9. The van der Waals surface area contributed by atoms with Crippen molar-refractivity contribution >= 4 is 27.7 Å². The van der Waals surface area contributed by atoms with Crippen molar-refractivity contribution in [3.05, 3.63) is 41.3 Å². The van der Waals surface area contributed by atoms with Crippen molar-refractivity contribution in [3.63, 3.8) is 0 Å². The number of aromatic nitrogens is 3. The summed E-state index contributed by atoms with van der Waals surface area (Å²) in [6, 6.07) is 5.86. The van der Waals surface area contributed by atoms with Crippen molar-refractivity contribution in [1.29, 1.82) is 0 Å². The highest BCUT2D eigenvalue weighted by Gasteiger charge is 2.21. The zero-order chi connectivity index (χ0) is 15.4. The van der Waals surface area contributed by atoms with Gasteiger partial charge in [0.2, 0.25) is 5.91 Å². The zero-order valence-corrected chi connectivity index (χ0v) is 13.8. The van der Waals surface area contributed by atoms with Crippen LogP contribution in [0.15, 0.2) is 41.3 Å². The van der Waals surface area contributed by atoms with Gasteiger partial charge in [0.1, 0.15) is 5.82 Å². The van der Waals surface area contributed by atoms with E-state index >= 15 is 0 Å². The first-order valence-electron chi connectivity index (χ1n) is 7.34. The van der Waals surface area contributed by atoms with E-state index < -0.39 is 0 Å². The molecule has 1 saturated heterocycles. The molecule has 22 heavy (non-hydrogen) atoms. The molecule has 3 rings (SSSR count). The zero-order valence-electron chi connectivity index (χ0n) is 12.2. The second-order valence-corrected chi connectivity index (χ2v) is 6.14. The highest BCUT2D eigenvalue weighted by molar-refractivity contribution is 9.10. The molecule has 7 heteroatoms. The topological polar surface area (TPSA) is 54.3 Å². The monoisotopic (exact) mass is 363 g/mol. The van der Waals surface area contributed by atoms with Gasteiger partial charge < -0.3 is 9.80 Å². The lowest BCUT2D eigenvalue weighted by molar-refractivity contribution is -0.131. The molecule has 2 aromatic heterocycles. The first-order valence-corrected chi connectivity index (χ1v) is 8.13. The Morgan fingerprint density at radius 3 is 2.68 bits per heavy atom. The quantitative estimate of drug-likeness (QED) is 0.830. The fraction of sp³-hybridized carbons (Fsp3) is 0.400. The molecular weight excluding hydrogens is 346 g/mol. The van der Waals surface area contributed by atoms with Crippen LogP contribution in [0.25, 0.3) is 0 Å². The molecule has 1 fully saturated rings. The van der Waals surface area contributed by atoms with Gasteiger partial charge in [-0.3, -0.25) is 9.48 Å². The molecule has 6 nitrogen and oxygen atoms in total. The van der Waals surface area contributed by atoms with Crippen LogP contribution in [0.1, 0.15) is 6.42 Å². The Bertz CT molecular complexity index is 605. The Hall–Kier alpha value is -1.89. The van der Waals surface area contributed by atoms with Crippen molar-refractivity contribution in [2.24, 2.45) is 0 Å². The maximum absolute atomic E-state index is 12.2. The molecule has 1 aliphatic heterocycles. The third-order valence-electron chi connectivity index (χ3n) is 3.78. The molecule has 1 amide bonds. The molecule has 116 valence electrons. The predicted octanol–water partition coefficient (Wildman–Crippen LogP) is 1.78. The number of anilines is 1. The summed E-state index contributed by atoms with van der Waals surface area (Å²) >= 11 is 3.39. The third-order valence-corrected chi connectivity index (χ3v) is 4.25. The largest absolute Gasteiger partial charge is 0.353 e. The third kappa shape index (κ3) is 3.65. The van der Waals surface area contributed by atoms with Crippen LogP contribution >= 0.6 is 15.9 Å². The molecule has 0 saturated carbocycles. The van der Waals surface area contributed by atoms with Gasteiger partial charge in [-0.2, -0.15) is 5.10 Å². The fourth-order valence-corrected chi connectivity index (χ4v) is 2.78. The Balaban J connectivity index is 1.48. The van der Waals surface area contributed by atoms with Crippen molar-refractivity contribution in [2.45, 2.75) is 13.0 Å². The lowest BCUT2D eigenvalue weighted by Crippen LogP contribution is -2.49. The number of aryl methyl sites for hydroxylation is 1. The Morgan fingerprint density at radius 2 is 2.05 bits per heavy atom.